The van der Waals surface area contributed by atoms with Crippen LogP contribution in [0.3, 0.4) is 0 Å². The van der Waals surface area contributed by atoms with Crippen molar-refractivity contribution in [3.8, 4) is 0 Å². The maximum atomic E-state index is 10.1. The van der Waals surface area contributed by atoms with Crippen molar-refractivity contribution in [2.75, 3.05) is 5.75 Å². The standard InChI is InChI=1S/C4H4N2O2S3/c7-2(8)1-10-4-6-5-3(9)11-4/h4H,1H2,(H,7,8). The summed E-state index contributed by atoms with van der Waals surface area (Å²) in [5, 5.41) is 15.6. The van der Waals surface area contributed by atoms with Gasteiger partial charge < -0.3 is 5.11 Å². The topological polar surface area (TPSA) is 62.0 Å². The first-order chi connectivity index (χ1) is 5.18. The van der Waals surface area contributed by atoms with Crippen LogP contribution in [0.5, 0.6) is 0 Å². The van der Waals surface area contributed by atoms with E-state index in [9.17, 15) is 4.79 Å². The highest BCUT2D eigenvalue weighted by Crippen LogP contribution is 2.31. The van der Waals surface area contributed by atoms with E-state index in [4.69, 9.17) is 17.3 Å². The van der Waals surface area contributed by atoms with Gasteiger partial charge in [0, 0.05) is 0 Å². The van der Waals surface area contributed by atoms with Gasteiger partial charge in [0.25, 0.3) is 0 Å². The Kier molecular flexibility index (Phi) is 3.28. The van der Waals surface area contributed by atoms with Crippen molar-refractivity contribution in [1.29, 1.82) is 0 Å². The fraction of sp³-hybridized carbons (Fsp3) is 0.500. The molecule has 0 amide bonds. The zero-order valence-electron chi connectivity index (χ0n) is 5.26. The van der Waals surface area contributed by atoms with Crippen molar-refractivity contribution in [2.24, 2.45) is 10.2 Å². The summed E-state index contributed by atoms with van der Waals surface area (Å²) in [7, 11) is 0. The summed E-state index contributed by atoms with van der Waals surface area (Å²) < 4.78 is 0.325. The fourth-order valence-electron chi connectivity index (χ4n) is 0.438. The van der Waals surface area contributed by atoms with Crippen LogP contribution in [0.15, 0.2) is 10.2 Å². The highest BCUT2D eigenvalue weighted by molar-refractivity contribution is 8.30. The molecule has 1 rings (SSSR count). The van der Waals surface area contributed by atoms with E-state index in [0.717, 1.165) is 0 Å². The van der Waals surface area contributed by atoms with Gasteiger partial charge in [-0.15, -0.1) is 16.9 Å². The lowest BCUT2D eigenvalue weighted by atomic mass is 10.8. The third-order valence-corrected chi connectivity index (χ3v) is 3.22. The molecule has 7 heteroatoms. The molecule has 0 saturated carbocycles. The van der Waals surface area contributed by atoms with Crippen LogP contribution in [-0.2, 0) is 4.79 Å². The number of thioether (sulfide) groups is 2. The number of carbonyl (C=O) groups is 1. The molecule has 1 N–H and O–H groups in total. The predicted octanol–water partition coefficient (Wildman–Crippen LogP) is 1.57. The number of hydrogen-bond donors (Lipinski definition) is 1. The third-order valence-electron chi connectivity index (χ3n) is 0.785. The molecule has 0 bridgehead atoms. The molecule has 1 aliphatic rings. The van der Waals surface area contributed by atoms with Crippen molar-refractivity contribution in [1.82, 2.24) is 0 Å². The Morgan fingerprint density at radius 1 is 1.91 bits per heavy atom. The van der Waals surface area contributed by atoms with Crippen LogP contribution in [0.25, 0.3) is 0 Å². The molecule has 0 spiro atoms. The number of thiocarbonyl (C=S) groups is 1. The summed E-state index contributed by atoms with van der Waals surface area (Å²) in [4.78, 5) is 10.1. The van der Waals surface area contributed by atoms with E-state index < -0.39 is 5.97 Å². The second kappa shape index (κ2) is 4.03. The van der Waals surface area contributed by atoms with Crippen LogP contribution in [0.1, 0.15) is 0 Å². The molecule has 0 radical (unpaired) electrons. The van der Waals surface area contributed by atoms with Gasteiger partial charge in [-0.05, 0) is 12.2 Å². The summed E-state index contributed by atoms with van der Waals surface area (Å²) in [5.74, 6) is -0.803. The highest BCUT2D eigenvalue weighted by atomic mass is 32.2. The molecule has 1 atom stereocenters. The van der Waals surface area contributed by atoms with E-state index in [1.54, 1.807) is 0 Å². The van der Waals surface area contributed by atoms with Crippen LogP contribution < -0.4 is 0 Å². The monoisotopic (exact) mass is 208 g/mol. The Bertz CT molecular complexity index is 217. The predicted molar refractivity (Wildman–Crippen MR) is 48.9 cm³/mol. The molecule has 0 aromatic rings. The van der Waals surface area contributed by atoms with E-state index >= 15 is 0 Å². The maximum absolute atomic E-state index is 10.1. The number of aliphatic carboxylic acids is 1. The van der Waals surface area contributed by atoms with Crippen molar-refractivity contribution in [2.45, 2.75) is 4.71 Å². The smallest absolute Gasteiger partial charge is 0.313 e. The van der Waals surface area contributed by atoms with E-state index in [0.29, 0.717) is 4.32 Å². The molecular weight excluding hydrogens is 204 g/mol. The average molecular weight is 208 g/mol. The van der Waals surface area contributed by atoms with Crippen molar-refractivity contribution >= 4 is 46.0 Å². The molecule has 11 heavy (non-hydrogen) atoms. The lowest BCUT2D eigenvalue weighted by Crippen LogP contribution is -2.01. The second-order valence-electron chi connectivity index (χ2n) is 1.61. The zero-order chi connectivity index (χ0) is 8.27. The molecule has 1 heterocycles. The molecule has 0 fully saturated rings. The Hall–Kier alpha value is -0.140. The van der Waals surface area contributed by atoms with Gasteiger partial charge >= 0.3 is 5.97 Å². The van der Waals surface area contributed by atoms with Gasteiger partial charge in [0.1, 0.15) is 0 Å². The Morgan fingerprint density at radius 3 is 3.09 bits per heavy atom. The number of hydrogen-bond acceptors (Lipinski definition) is 5. The second-order valence-corrected chi connectivity index (χ2v) is 4.69. The third kappa shape index (κ3) is 3.17. The average Bonchev–Trinajstić information content (AvgIpc) is 2.31. The number of carboxylic acid groups (broad SMARTS) is 1. The molecule has 0 aliphatic carbocycles. The van der Waals surface area contributed by atoms with E-state index in [1.807, 2.05) is 0 Å². The van der Waals surface area contributed by atoms with Gasteiger partial charge in [-0.2, -0.15) is 5.11 Å². The van der Waals surface area contributed by atoms with Crippen LogP contribution in [0, 0.1) is 0 Å². The Balaban J connectivity index is 2.24. The lowest BCUT2D eigenvalue weighted by Gasteiger charge is -1.98. The molecule has 60 valence electrons. The molecule has 1 aliphatic heterocycles. The van der Waals surface area contributed by atoms with Gasteiger partial charge in [0.15, 0.2) is 9.03 Å². The van der Waals surface area contributed by atoms with E-state index in [1.165, 1.54) is 23.5 Å². The first-order valence-electron chi connectivity index (χ1n) is 2.63. The molecule has 0 aromatic carbocycles. The minimum absolute atomic E-state index is 0.0410. The van der Waals surface area contributed by atoms with Gasteiger partial charge in [-0.1, -0.05) is 11.8 Å². The molecular formula is C4H4N2O2S3. The number of azo groups is 1. The highest BCUT2D eigenvalue weighted by Gasteiger charge is 2.18. The number of rotatable bonds is 3. The molecule has 0 saturated heterocycles. The van der Waals surface area contributed by atoms with Crippen LogP contribution >= 0.6 is 35.7 Å². The Labute approximate surface area is 76.8 Å². The summed E-state index contributed by atoms with van der Waals surface area (Å²) in [6, 6.07) is 0. The maximum Gasteiger partial charge on any atom is 0.313 e. The van der Waals surface area contributed by atoms with Gasteiger partial charge in [0.05, 0.1) is 5.75 Å². The van der Waals surface area contributed by atoms with Crippen LogP contribution in [-0.4, -0.2) is 25.9 Å². The van der Waals surface area contributed by atoms with Crippen molar-refractivity contribution < 1.29 is 9.90 Å². The van der Waals surface area contributed by atoms with Crippen LogP contribution in [0.4, 0.5) is 0 Å². The van der Waals surface area contributed by atoms with Gasteiger partial charge in [0.2, 0.25) is 0 Å². The summed E-state index contributed by atoms with van der Waals surface area (Å²) in [5.41, 5.74) is 0. The van der Waals surface area contributed by atoms with Crippen molar-refractivity contribution in [3.05, 3.63) is 0 Å². The van der Waals surface area contributed by atoms with E-state index in [2.05, 4.69) is 10.2 Å². The summed E-state index contributed by atoms with van der Waals surface area (Å²) in [6.45, 7) is 0. The summed E-state index contributed by atoms with van der Waals surface area (Å²) in [6.07, 6.45) is 0. The Morgan fingerprint density at radius 2 is 2.64 bits per heavy atom. The van der Waals surface area contributed by atoms with Gasteiger partial charge in [-0.25, -0.2) is 0 Å². The SMILES string of the molecule is O=C(O)CSC1N=NC(=S)S1. The largest absolute Gasteiger partial charge is 0.481 e. The quantitative estimate of drug-likeness (QED) is 0.713. The normalized spacial score (nSPS) is 22.5. The van der Waals surface area contributed by atoms with E-state index in [-0.39, 0.29) is 10.5 Å². The first-order valence-corrected chi connectivity index (χ1v) is 4.97. The summed E-state index contributed by atoms with van der Waals surface area (Å²) >= 11 is 7.23. The molecule has 0 aromatic heterocycles. The molecule has 4 nitrogen and oxygen atoms in total. The van der Waals surface area contributed by atoms with Crippen LogP contribution in [0.2, 0.25) is 0 Å². The zero-order valence-corrected chi connectivity index (χ0v) is 7.71. The number of nitrogens with zero attached hydrogens (tertiary/aromatic N) is 2. The number of carboxylic acids is 1. The minimum Gasteiger partial charge on any atom is -0.481 e. The fourth-order valence-corrected chi connectivity index (χ4v) is 2.45. The lowest BCUT2D eigenvalue weighted by molar-refractivity contribution is -0.133. The van der Waals surface area contributed by atoms with Crippen molar-refractivity contribution in [3.63, 3.8) is 0 Å². The first kappa shape index (κ1) is 8.95. The molecule has 1 unspecified atom stereocenters. The minimum atomic E-state index is -0.844. The van der Waals surface area contributed by atoms with Gasteiger partial charge in [-0.3, -0.25) is 4.79 Å².